The highest BCUT2D eigenvalue weighted by Gasteiger charge is 2.13. The van der Waals surface area contributed by atoms with E-state index in [4.69, 9.17) is 0 Å². The fraction of sp³-hybridized carbons (Fsp3) is 0.235. The summed E-state index contributed by atoms with van der Waals surface area (Å²) in [6.45, 7) is 2.72. The van der Waals surface area contributed by atoms with Crippen molar-refractivity contribution in [1.29, 1.82) is 0 Å². The Morgan fingerprint density at radius 2 is 1.90 bits per heavy atom. The third kappa shape index (κ3) is 3.12. The molecule has 1 unspecified atom stereocenters. The highest BCUT2D eigenvalue weighted by atomic mass is 32.1. The van der Waals surface area contributed by atoms with Crippen LogP contribution < -0.4 is 5.32 Å². The average Bonchev–Trinajstić information content (AvgIpc) is 2.92. The van der Waals surface area contributed by atoms with Gasteiger partial charge in [-0.25, -0.2) is 9.37 Å². The normalized spacial score (nSPS) is 12.7. The Bertz CT molecular complexity index is 705. The lowest BCUT2D eigenvalue weighted by molar-refractivity contribution is 0.487. The summed E-state index contributed by atoms with van der Waals surface area (Å²) < 4.78 is 15.1. The maximum Gasteiger partial charge on any atom is 0.127 e. The zero-order valence-electron chi connectivity index (χ0n) is 11.8. The van der Waals surface area contributed by atoms with Gasteiger partial charge in [0.15, 0.2) is 0 Å². The molecule has 0 aliphatic heterocycles. The van der Waals surface area contributed by atoms with E-state index in [0.717, 1.165) is 22.5 Å². The topological polar surface area (TPSA) is 24.9 Å². The molecule has 1 atom stereocenters. The predicted octanol–water partition coefficient (Wildman–Crippen LogP) is 4.68. The maximum absolute atomic E-state index is 13.9. The van der Waals surface area contributed by atoms with E-state index in [1.54, 1.807) is 17.4 Å². The van der Waals surface area contributed by atoms with E-state index in [0.29, 0.717) is 6.54 Å². The van der Waals surface area contributed by atoms with Crippen molar-refractivity contribution in [1.82, 2.24) is 10.3 Å². The van der Waals surface area contributed by atoms with E-state index >= 15 is 0 Å². The highest BCUT2D eigenvalue weighted by Crippen LogP contribution is 2.24. The molecule has 3 rings (SSSR count). The molecule has 108 valence electrons. The molecule has 3 aromatic rings. The predicted molar refractivity (Wildman–Crippen MR) is 85.9 cm³/mol. The second-order valence-electron chi connectivity index (χ2n) is 4.94. The van der Waals surface area contributed by atoms with Crippen molar-refractivity contribution in [2.45, 2.75) is 25.9 Å². The number of hydrogen-bond acceptors (Lipinski definition) is 3. The molecule has 21 heavy (non-hydrogen) atoms. The third-order valence-electron chi connectivity index (χ3n) is 3.53. The molecule has 0 spiro atoms. The molecule has 0 aliphatic rings. The molecule has 1 N–H and O–H groups in total. The van der Waals surface area contributed by atoms with E-state index in [-0.39, 0.29) is 11.9 Å². The lowest BCUT2D eigenvalue weighted by atomic mass is 10.0. The minimum Gasteiger partial charge on any atom is -0.303 e. The molecular weight excluding hydrogens is 283 g/mol. The largest absolute Gasteiger partial charge is 0.303 e. The summed E-state index contributed by atoms with van der Waals surface area (Å²) in [6.07, 6.45) is 0.839. The van der Waals surface area contributed by atoms with Crippen LogP contribution in [0.15, 0.2) is 48.5 Å². The Kier molecular flexibility index (Phi) is 4.27. The van der Waals surface area contributed by atoms with Gasteiger partial charge in [-0.3, -0.25) is 0 Å². The molecule has 1 heterocycles. The molecule has 0 bridgehead atoms. The van der Waals surface area contributed by atoms with Gasteiger partial charge in [0.05, 0.1) is 10.2 Å². The van der Waals surface area contributed by atoms with E-state index < -0.39 is 0 Å². The van der Waals surface area contributed by atoms with Crippen LogP contribution in [0.2, 0.25) is 0 Å². The summed E-state index contributed by atoms with van der Waals surface area (Å²) in [4.78, 5) is 4.60. The maximum atomic E-state index is 13.9. The summed E-state index contributed by atoms with van der Waals surface area (Å²) >= 11 is 1.68. The van der Waals surface area contributed by atoms with Crippen molar-refractivity contribution in [3.05, 3.63) is 64.9 Å². The second kappa shape index (κ2) is 6.33. The SMILES string of the molecule is CCC(NCc1nc2ccccc2s1)c1ccccc1F. The zero-order valence-corrected chi connectivity index (χ0v) is 12.7. The zero-order chi connectivity index (χ0) is 14.7. The Labute approximate surface area is 127 Å². The number of fused-ring (bicyclic) bond motifs is 1. The molecule has 0 fully saturated rings. The molecule has 2 nitrogen and oxygen atoms in total. The molecule has 0 saturated carbocycles. The summed E-state index contributed by atoms with van der Waals surface area (Å²) in [6, 6.07) is 15.1. The van der Waals surface area contributed by atoms with Crippen molar-refractivity contribution in [2.24, 2.45) is 0 Å². The van der Waals surface area contributed by atoms with Crippen LogP contribution >= 0.6 is 11.3 Å². The first kappa shape index (κ1) is 14.2. The van der Waals surface area contributed by atoms with E-state index in [9.17, 15) is 4.39 Å². The van der Waals surface area contributed by atoms with Crippen molar-refractivity contribution in [3.8, 4) is 0 Å². The van der Waals surface area contributed by atoms with Crippen molar-refractivity contribution < 1.29 is 4.39 Å². The van der Waals surface area contributed by atoms with Crippen LogP contribution in [0.3, 0.4) is 0 Å². The number of para-hydroxylation sites is 1. The molecule has 0 radical (unpaired) electrons. The first-order valence-corrected chi connectivity index (χ1v) is 7.92. The molecule has 2 aromatic carbocycles. The number of halogens is 1. The minimum absolute atomic E-state index is 0.0122. The Morgan fingerprint density at radius 1 is 1.14 bits per heavy atom. The highest BCUT2D eigenvalue weighted by molar-refractivity contribution is 7.18. The lowest BCUT2D eigenvalue weighted by Gasteiger charge is -2.17. The average molecular weight is 300 g/mol. The summed E-state index contributed by atoms with van der Waals surface area (Å²) in [7, 11) is 0. The summed E-state index contributed by atoms with van der Waals surface area (Å²) in [5.41, 5.74) is 1.75. The van der Waals surface area contributed by atoms with Crippen LogP contribution in [0.4, 0.5) is 4.39 Å². The third-order valence-corrected chi connectivity index (χ3v) is 4.56. The Hall–Kier alpha value is -1.78. The Balaban J connectivity index is 1.74. The van der Waals surface area contributed by atoms with Gasteiger partial charge in [0.25, 0.3) is 0 Å². The minimum atomic E-state index is -0.152. The smallest absolute Gasteiger partial charge is 0.127 e. The number of benzene rings is 2. The van der Waals surface area contributed by atoms with Gasteiger partial charge < -0.3 is 5.32 Å². The van der Waals surface area contributed by atoms with Crippen LogP contribution in [-0.2, 0) is 6.54 Å². The van der Waals surface area contributed by atoms with E-state index in [2.05, 4.69) is 23.3 Å². The second-order valence-corrected chi connectivity index (χ2v) is 6.05. The number of hydrogen-bond donors (Lipinski definition) is 1. The summed E-state index contributed by atoms with van der Waals surface area (Å²) in [5.74, 6) is -0.152. The first-order valence-electron chi connectivity index (χ1n) is 7.10. The molecule has 4 heteroatoms. The molecule has 1 aromatic heterocycles. The first-order chi connectivity index (χ1) is 10.3. The van der Waals surface area contributed by atoms with Crippen LogP contribution in [-0.4, -0.2) is 4.98 Å². The van der Waals surface area contributed by atoms with Crippen LogP contribution in [0.1, 0.15) is 30.0 Å². The fourth-order valence-electron chi connectivity index (χ4n) is 2.44. The molecular formula is C17H17FN2S. The van der Waals surface area contributed by atoms with Crippen LogP contribution in [0.25, 0.3) is 10.2 Å². The van der Waals surface area contributed by atoms with Gasteiger partial charge >= 0.3 is 0 Å². The number of rotatable bonds is 5. The van der Waals surface area contributed by atoms with Gasteiger partial charge in [0.1, 0.15) is 10.8 Å². The van der Waals surface area contributed by atoms with Gasteiger partial charge in [-0.1, -0.05) is 37.3 Å². The van der Waals surface area contributed by atoms with Crippen molar-refractivity contribution >= 4 is 21.6 Å². The van der Waals surface area contributed by atoms with Gasteiger partial charge in [0.2, 0.25) is 0 Å². The number of thiazole rings is 1. The summed E-state index contributed by atoms with van der Waals surface area (Å²) in [5, 5.41) is 4.45. The molecule has 0 saturated heterocycles. The monoisotopic (exact) mass is 300 g/mol. The molecule has 0 aliphatic carbocycles. The van der Waals surface area contributed by atoms with Crippen LogP contribution in [0, 0.1) is 5.82 Å². The Morgan fingerprint density at radius 3 is 2.67 bits per heavy atom. The number of aromatic nitrogens is 1. The van der Waals surface area contributed by atoms with Gasteiger partial charge in [-0.2, -0.15) is 0 Å². The fourth-order valence-corrected chi connectivity index (χ4v) is 3.36. The van der Waals surface area contributed by atoms with Crippen LogP contribution in [0.5, 0.6) is 0 Å². The van der Waals surface area contributed by atoms with E-state index in [1.807, 2.05) is 30.3 Å². The van der Waals surface area contributed by atoms with Gasteiger partial charge in [-0.05, 0) is 24.6 Å². The number of nitrogens with one attached hydrogen (secondary N) is 1. The lowest BCUT2D eigenvalue weighted by Crippen LogP contribution is -2.21. The van der Waals surface area contributed by atoms with Gasteiger partial charge in [0, 0.05) is 18.2 Å². The number of nitrogens with zero attached hydrogens (tertiary/aromatic N) is 1. The van der Waals surface area contributed by atoms with Crippen molar-refractivity contribution in [2.75, 3.05) is 0 Å². The molecule has 0 amide bonds. The van der Waals surface area contributed by atoms with E-state index in [1.165, 1.54) is 10.8 Å². The van der Waals surface area contributed by atoms with Gasteiger partial charge in [-0.15, -0.1) is 11.3 Å². The van der Waals surface area contributed by atoms with Crippen molar-refractivity contribution in [3.63, 3.8) is 0 Å². The quantitative estimate of drug-likeness (QED) is 0.740. The standard InChI is InChI=1S/C17H17FN2S/c1-2-14(12-7-3-4-8-13(12)18)19-11-17-20-15-9-5-6-10-16(15)21-17/h3-10,14,19H,2,11H2,1H3.